The Labute approximate surface area is 76.2 Å². The number of aliphatic hydroxyl groups is 2. The predicted octanol–water partition coefficient (Wildman–Crippen LogP) is -0.784. The molecule has 2 N–H and O–H groups in total. The maximum atomic E-state index is 9.50. The summed E-state index contributed by atoms with van der Waals surface area (Å²) >= 11 is 0. The first-order chi connectivity index (χ1) is 5.99. The van der Waals surface area contributed by atoms with Gasteiger partial charge in [0.25, 0.3) is 0 Å². The van der Waals surface area contributed by atoms with Gasteiger partial charge in [0.2, 0.25) is 0 Å². The van der Waals surface area contributed by atoms with Crippen LogP contribution in [0.2, 0.25) is 0 Å². The fraction of sp³-hybridized carbons (Fsp3) is 1.00. The highest BCUT2D eigenvalue weighted by Crippen LogP contribution is 2.33. The summed E-state index contributed by atoms with van der Waals surface area (Å²) in [4.78, 5) is 0. The minimum absolute atomic E-state index is 0.256. The van der Waals surface area contributed by atoms with Crippen LogP contribution in [0, 0.1) is 0 Å². The zero-order chi connectivity index (χ0) is 9.64. The molecule has 2 saturated heterocycles. The summed E-state index contributed by atoms with van der Waals surface area (Å²) in [6.45, 7) is 3.79. The van der Waals surface area contributed by atoms with Gasteiger partial charge in [0.05, 0.1) is 6.61 Å². The molecule has 76 valence electrons. The van der Waals surface area contributed by atoms with Gasteiger partial charge in [-0.1, -0.05) is 0 Å². The van der Waals surface area contributed by atoms with Crippen molar-refractivity contribution in [2.75, 3.05) is 6.61 Å². The van der Waals surface area contributed by atoms with E-state index >= 15 is 0 Å². The molecular formula is C8H14O5. The Bertz CT molecular complexity index is 205. The van der Waals surface area contributed by atoms with E-state index in [4.69, 9.17) is 14.2 Å². The maximum Gasteiger partial charge on any atom is 0.183 e. The summed E-state index contributed by atoms with van der Waals surface area (Å²) in [5, 5.41) is 18.7. The van der Waals surface area contributed by atoms with Gasteiger partial charge in [-0.3, -0.25) is 0 Å². The van der Waals surface area contributed by atoms with Crippen molar-refractivity contribution in [1.29, 1.82) is 0 Å². The van der Waals surface area contributed by atoms with E-state index in [2.05, 4.69) is 0 Å². The summed E-state index contributed by atoms with van der Waals surface area (Å²) in [5.74, 6) is -0.705. The molecule has 0 amide bonds. The van der Waals surface area contributed by atoms with Crippen LogP contribution in [0.5, 0.6) is 0 Å². The Kier molecular flexibility index (Phi) is 2.08. The molecular weight excluding hydrogens is 176 g/mol. The fourth-order valence-corrected chi connectivity index (χ4v) is 1.74. The third-order valence-corrected chi connectivity index (χ3v) is 2.28. The van der Waals surface area contributed by atoms with Gasteiger partial charge in [0, 0.05) is 0 Å². The lowest BCUT2D eigenvalue weighted by atomic mass is 10.1. The lowest BCUT2D eigenvalue weighted by Crippen LogP contribution is -2.51. The first kappa shape index (κ1) is 9.36. The molecule has 2 heterocycles. The highest BCUT2D eigenvalue weighted by molar-refractivity contribution is 4.90. The van der Waals surface area contributed by atoms with Gasteiger partial charge in [0.1, 0.15) is 18.3 Å². The van der Waals surface area contributed by atoms with Gasteiger partial charge in [-0.15, -0.1) is 0 Å². The van der Waals surface area contributed by atoms with Crippen molar-refractivity contribution in [2.45, 2.75) is 44.2 Å². The molecule has 2 rings (SSSR count). The number of aliphatic hydroxyl groups excluding tert-OH is 2. The van der Waals surface area contributed by atoms with Gasteiger partial charge < -0.3 is 24.4 Å². The third kappa shape index (κ3) is 1.58. The molecule has 0 unspecified atom stereocenters. The van der Waals surface area contributed by atoms with Crippen LogP contribution >= 0.6 is 0 Å². The van der Waals surface area contributed by atoms with Crippen molar-refractivity contribution >= 4 is 0 Å². The molecule has 0 aromatic rings. The minimum Gasteiger partial charge on any atom is -0.385 e. The zero-order valence-electron chi connectivity index (χ0n) is 7.64. The molecule has 0 aromatic carbocycles. The van der Waals surface area contributed by atoms with Crippen LogP contribution in [-0.4, -0.2) is 47.2 Å². The summed E-state index contributed by atoms with van der Waals surface area (Å²) in [6, 6.07) is 0. The van der Waals surface area contributed by atoms with Gasteiger partial charge >= 0.3 is 0 Å². The maximum absolute atomic E-state index is 9.50. The Balaban J connectivity index is 2.11. The Hall–Kier alpha value is -0.200. The van der Waals surface area contributed by atoms with E-state index in [1.54, 1.807) is 13.8 Å². The second kappa shape index (κ2) is 2.90. The molecule has 0 radical (unpaired) electrons. The number of rotatable bonds is 0. The van der Waals surface area contributed by atoms with E-state index in [0.717, 1.165) is 0 Å². The van der Waals surface area contributed by atoms with Gasteiger partial charge in [-0.2, -0.15) is 0 Å². The second-order valence-corrected chi connectivity index (χ2v) is 3.85. The molecule has 2 aliphatic heterocycles. The molecule has 5 heteroatoms. The van der Waals surface area contributed by atoms with Gasteiger partial charge in [0.15, 0.2) is 12.1 Å². The van der Waals surface area contributed by atoms with Crippen LogP contribution in [0.15, 0.2) is 0 Å². The summed E-state index contributed by atoms with van der Waals surface area (Å²) in [5.41, 5.74) is 0. The zero-order valence-corrected chi connectivity index (χ0v) is 7.64. The Morgan fingerprint density at radius 2 is 1.92 bits per heavy atom. The standard InChI is InChI=1S/C8H14O5/c1-8(2)12-4-3-11-7(10)5(9)6(4)13-8/h4-7,9-10H,3H2,1-2H3/t4-,5+,6-,7+/m0/s1. The van der Waals surface area contributed by atoms with Crippen LogP contribution < -0.4 is 0 Å². The van der Waals surface area contributed by atoms with E-state index < -0.39 is 24.3 Å². The van der Waals surface area contributed by atoms with E-state index in [9.17, 15) is 10.2 Å². The molecule has 0 saturated carbocycles. The van der Waals surface area contributed by atoms with Crippen LogP contribution in [0.4, 0.5) is 0 Å². The monoisotopic (exact) mass is 190 g/mol. The van der Waals surface area contributed by atoms with Crippen molar-refractivity contribution in [3.05, 3.63) is 0 Å². The summed E-state index contributed by atoms with van der Waals surface area (Å²) in [6.07, 6.45) is -2.97. The molecule has 4 atom stereocenters. The van der Waals surface area contributed by atoms with Crippen molar-refractivity contribution in [3.8, 4) is 0 Å². The second-order valence-electron chi connectivity index (χ2n) is 3.85. The number of ether oxygens (including phenoxy) is 3. The van der Waals surface area contributed by atoms with Crippen molar-refractivity contribution in [2.24, 2.45) is 0 Å². The van der Waals surface area contributed by atoms with E-state index in [0.29, 0.717) is 0 Å². The average Bonchev–Trinajstić information content (AvgIpc) is 2.34. The lowest BCUT2D eigenvalue weighted by molar-refractivity contribution is -0.230. The first-order valence-electron chi connectivity index (χ1n) is 4.33. The smallest absolute Gasteiger partial charge is 0.183 e. The Morgan fingerprint density at radius 1 is 1.23 bits per heavy atom. The number of hydrogen-bond acceptors (Lipinski definition) is 5. The quantitative estimate of drug-likeness (QED) is 0.524. The topological polar surface area (TPSA) is 68.2 Å². The van der Waals surface area contributed by atoms with Gasteiger partial charge in [-0.25, -0.2) is 0 Å². The van der Waals surface area contributed by atoms with Crippen LogP contribution in [0.3, 0.4) is 0 Å². The third-order valence-electron chi connectivity index (χ3n) is 2.28. The molecule has 13 heavy (non-hydrogen) atoms. The molecule has 0 aromatic heterocycles. The van der Waals surface area contributed by atoms with Crippen LogP contribution in [0.25, 0.3) is 0 Å². The van der Waals surface area contributed by atoms with E-state index in [-0.39, 0.29) is 12.7 Å². The SMILES string of the molecule is CC1(C)O[C@@H]2[C@@H](O)[C@H](O)OC[C@@H]2O1. The van der Waals surface area contributed by atoms with Crippen molar-refractivity contribution in [3.63, 3.8) is 0 Å². The predicted molar refractivity (Wildman–Crippen MR) is 41.8 cm³/mol. The molecule has 0 bridgehead atoms. The molecule has 2 fully saturated rings. The van der Waals surface area contributed by atoms with Gasteiger partial charge in [-0.05, 0) is 13.8 Å². The summed E-state index contributed by atoms with van der Waals surface area (Å²) in [7, 11) is 0. The van der Waals surface area contributed by atoms with E-state index in [1.807, 2.05) is 0 Å². The average molecular weight is 190 g/mol. The Morgan fingerprint density at radius 3 is 2.62 bits per heavy atom. The van der Waals surface area contributed by atoms with Crippen molar-refractivity contribution in [1.82, 2.24) is 0 Å². The lowest BCUT2D eigenvalue weighted by Gasteiger charge is -2.31. The van der Waals surface area contributed by atoms with E-state index in [1.165, 1.54) is 0 Å². The minimum atomic E-state index is -1.17. The number of hydrogen-bond donors (Lipinski definition) is 2. The highest BCUT2D eigenvalue weighted by atomic mass is 16.8. The van der Waals surface area contributed by atoms with Crippen LogP contribution in [-0.2, 0) is 14.2 Å². The molecule has 2 aliphatic rings. The molecule has 5 nitrogen and oxygen atoms in total. The fourth-order valence-electron chi connectivity index (χ4n) is 1.74. The normalized spacial score (nSPS) is 48.9. The van der Waals surface area contributed by atoms with Crippen LogP contribution in [0.1, 0.15) is 13.8 Å². The largest absolute Gasteiger partial charge is 0.385 e. The number of fused-ring (bicyclic) bond motifs is 1. The summed E-state index contributed by atoms with van der Waals surface area (Å²) < 4.78 is 15.8. The van der Waals surface area contributed by atoms with Crippen molar-refractivity contribution < 1.29 is 24.4 Å². The molecule has 0 spiro atoms. The molecule has 0 aliphatic carbocycles. The first-order valence-corrected chi connectivity index (χ1v) is 4.33. The highest BCUT2D eigenvalue weighted by Gasteiger charge is 2.50.